The van der Waals surface area contributed by atoms with Gasteiger partial charge < -0.3 is 4.74 Å². The predicted octanol–water partition coefficient (Wildman–Crippen LogP) is 6.39. The topological polar surface area (TPSA) is 29.5 Å². The number of carbonyl (C=O) groups excluding carboxylic acids is 1. The number of anilines is 1. The molecule has 2 aromatic carbocycles. The van der Waals surface area contributed by atoms with Gasteiger partial charge in [0.15, 0.2) is 0 Å². The van der Waals surface area contributed by atoms with Crippen LogP contribution < -0.4 is 4.90 Å². The Morgan fingerprint density at radius 1 is 1.07 bits per heavy atom. The minimum Gasteiger partial charge on any atom is -0.376 e. The largest absolute Gasteiger partial charge is 0.416 e. The van der Waals surface area contributed by atoms with Crippen molar-refractivity contribution in [3.05, 3.63) is 65.2 Å². The second-order valence-electron chi connectivity index (χ2n) is 7.69. The number of fused-ring (bicyclic) bond motifs is 1. The molecule has 0 spiro atoms. The van der Waals surface area contributed by atoms with E-state index in [0.717, 1.165) is 37.0 Å². The summed E-state index contributed by atoms with van der Waals surface area (Å²) in [5.41, 5.74) is 0.0166. The molecule has 1 aliphatic rings. The molecule has 29 heavy (non-hydrogen) atoms. The summed E-state index contributed by atoms with van der Waals surface area (Å²) >= 11 is 0. The molecule has 0 fully saturated rings. The van der Waals surface area contributed by atoms with Crippen LogP contribution in [-0.2, 0) is 10.9 Å². The van der Waals surface area contributed by atoms with Gasteiger partial charge in [0.2, 0.25) is 0 Å². The minimum atomic E-state index is -4.48. The lowest BCUT2D eigenvalue weighted by Gasteiger charge is -2.40. The first kappa shape index (κ1) is 21.4. The Labute approximate surface area is 169 Å². The van der Waals surface area contributed by atoms with Crippen LogP contribution in [0.1, 0.15) is 67.1 Å². The van der Waals surface area contributed by atoms with Crippen LogP contribution in [0, 0.1) is 0 Å². The molecule has 0 aromatic heterocycles. The molecule has 0 saturated heterocycles. The second kappa shape index (κ2) is 8.19. The highest BCUT2D eigenvalue weighted by molar-refractivity contribution is 6.11. The minimum absolute atomic E-state index is 0.227. The summed E-state index contributed by atoms with van der Waals surface area (Å²) in [5.74, 6) is -0.302. The number of hydrogen-bond acceptors (Lipinski definition) is 2. The fourth-order valence-corrected chi connectivity index (χ4v) is 4.09. The van der Waals surface area contributed by atoms with Gasteiger partial charge in [-0.15, -0.1) is 0 Å². The van der Waals surface area contributed by atoms with Crippen molar-refractivity contribution in [1.82, 2.24) is 0 Å². The third kappa shape index (κ3) is 4.04. The number of alkyl halides is 3. The van der Waals surface area contributed by atoms with Crippen LogP contribution in [0.25, 0.3) is 0 Å². The van der Waals surface area contributed by atoms with Gasteiger partial charge in [-0.3, -0.25) is 9.69 Å². The van der Waals surface area contributed by atoms with Gasteiger partial charge in [-0.05, 0) is 43.2 Å². The molecule has 1 heterocycles. The van der Waals surface area contributed by atoms with E-state index in [-0.39, 0.29) is 11.6 Å². The number of unbranched alkanes of at least 4 members (excludes halogenated alkanes) is 2. The standard InChI is InChI=1S/C23H26F3NO2/c1-4-5-8-14-22(2,29-3)20-18-12-6-7-13-19(18)21(28)27(20)17-11-9-10-16(15-17)23(24,25)26/h6-7,9-13,15,20H,4-5,8,14H2,1-3H3. The summed E-state index contributed by atoms with van der Waals surface area (Å²) in [4.78, 5) is 14.7. The van der Waals surface area contributed by atoms with Crippen molar-refractivity contribution in [3.8, 4) is 0 Å². The van der Waals surface area contributed by atoms with E-state index in [1.807, 2.05) is 19.1 Å². The molecular formula is C23H26F3NO2. The molecule has 0 aliphatic carbocycles. The Balaban J connectivity index is 2.11. The fourth-order valence-electron chi connectivity index (χ4n) is 4.09. The zero-order valence-corrected chi connectivity index (χ0v) is 16.9. The van der Waals surface area contributed by atoms with Gasteiger partial charge in [0, 0.05) is 18.4 Å². The number of nitrogens with zero attached hydrogens (tertiary/aromatic N) is 1. The van der Waals surface area contributed by atoms with E-state index in [9.17, 15) is 18.0 Å². The smallest absolute Gasteiger partial charge is 0.376 e. The Morgan fingerprint density at radius 3 is 2.45 bits per heavy atom. The van der Waals surface area contributed by atoms with Crippen molar-refractivity contribution < 1.29 is 22.7 Å². The van der Waals surface area contributed by atoms with E-state index >= 15 is 0 Å². The molecular weight excluding hydrogens is 379 g/mol. The van der Waals surface area contributed by atoms with Crippen LogP contribution in [0.4, 0.5) is 18.9 Å². The molecule has 6 heteroatoms. The van der Waals surface area contributed by atoms with Crippen LogP contribution in [0.3, 0.4) is 0 Å². The number of ether oxygens (including phenoxy) is 1. The van der Waals surface area contributed by atoms with E-state index in [1.165, 1.54) is 11.0 Å². The zero-order valence-electron chi connectivity index (χ0n) is 16.9. The van der Waals surface area contributed by atoms with E-state index in [4.69, 9.17) is 4.74 Å². The second-order valence-corrected chi connectivity index (χ2v) is 7.69. The molecule has 0 radical (unpaired) electrons. The number of halogens is 3. The maximum atomic E-state index is 13.3. The summed E-state index contributed by atoms with van der Waals surface area (Å²) in [6.45, 7) is 4.04. The van der Waals surface area contributed by atoms with E-state index in [2.05, 4.69) is 6.92 Å². The summed E-state index contributed by atoms with van der Waals surface area (Å²) in [6.07, 6.45) is -0.821. The summed E-state index contributed by atoms with van der Waals surface area (Å²) in [5, 5.41) is 0. The summed E-state index contributed by atoms with van der Waals surface area (Å²) in [7, 11) is 1.60. The Kier molecular flexibility index (Phi) is 6.03. The van der Waals surface area contributed by atoms with Crippen LogP contribution in [0.15, 0.2) is 48.5 Å². The van der Waals surface area contributed by atoms with Crippen molar-refractivity contribution in [2.75, 3.05) is 12.0 Å². The maximum absolute atomic E-state index is 13.3. The van der Waals surface area contributed by atoms with Gasteiger partial charge in [-0.2, -0.15) is 13.2 Å². The number of hydrogen-bond donors (Lipinski definition) is 0. The number of rotatable bonds is 7. The Bertz CT molecular complexity index is 880. The molecule has 2 unspecified atom stereocenters. The highest BCUT2D eigenvalue weighted by Gasteiger charge is 2.48. The average Bonchev–Trinajstić information content (AvgIpc) is 3.01. The molecule has 0 saturated carbocycles. The van der Waals surface area contributed by atoms with Gasteiger partial charge in [-0.25, -0.2) is 0 Å². The number of methoxy groups -OCH3 is 1. The third-order valence-electron chi connectivity index (χ3n) is 5.74. The zero-order chi connectivity index (χ0) is 21.2. The highest BCUT2D eigenvalue weighted by Crippen LogP contribution is 2.47. The molecule has 0 N–H and O–H groups in total. The van der Waals surface area contributed by atoms with Crippen LogP contribution in [-0.4, -0.2) is 18.6 Å². The Morgan fingerprint density at radius 2 is 1.79 bits per heavy atom. The third-order valence-corrected chi connectivity index (χ3v) is 5.74. The van der Waals surface area contributed by atoms with Crippen LogP contribution in [0.5, 0.6) is 0 Å². The summed E-state index contributed by atoms with van der Waals surface area (Å²) < 4.78 is 45.8. The molecule has 2 aromatic rings. The van der Waals surface area contributed by atoms with Gasteiger partial charge in [-0.1, -0.05) is 50.5 Å². The normalized spacial score (nSPS) is 18.6. The Hall–Kier alpha value is -2.34. The van der Waals surface area contributed by atoms with Crippen molar-refractivity contribution in [1.29, 1.82) is 0 Å². The maximum Gasteiger partial charge on any atom is 0.416 e. The fraction of sp³-hybridized carbons (Fsp3) is 0.435. The first-order chi connectivity index (χ1) is 13.7. The molecule has 2 atom stereocenters. The SMILES string of the molecule is CCCCCC(C)(OC)C1c2ccccc2C(=O)N1c1cccc(C(F)(F)F)c1. The summed E-state index contributed by atoms with van der Waals surface area (Å²) in [6, 6.07) is 11.6. The quantitative estimate of drug-likeness (QED) is 0.499. The van der Waals surface area contributed by atoms with Crippen molar-refractivity contribution >= 4 is 11.6 Å². The van der Waals surface area contributed by atoms with Gasteiger partial charge in [0.05, 0.1) is 17.2 Å². The molecule has 3 rings (SSSR count). The van der Waals surface area contributed by atoms with Gasteiger partial charge in [0.1, 0.15) is 0 Å². The molecule has 156 valence electrons. The monoisotopic (exact) mass is 405 g/mol. The van der Waals surface area contributed by atoms with E-state index < -0.39 is 23.4 Å². The molecule has 3 nitrogen and oxygen atoms in total. The first-order valence-corrected chi connectivity index (χ1v) is 9.88. The van der Waals surface area contributed by atoms with Crippen LogP contribution in [0.2, 0.25) is 0 Å². The van der Waals surface area contributed by atoms with Crippen molar-refractivity contribution in [2.45, 2.75) is 57.3 Å². The number of benzene rings is 2. The first-order valence-electron chi connectivity index (χ1n) is 9.88. The van der Waals surface area contributed by atoms with Gasteiger partial charge in [0.25, 0.3) is 5.91 Å². The highest BCUT2D eigenvalue weighted by atomic mass is 19.4. The molecule has 1 aliphatic heterocycles. The lowest BCUT2D eigenvalue weighted by molar-refractivity contribution is -0.137. The van der Waals surface area contributed by atoms with Crippen LogP contribution >= 0.6 is 0 Å². The van der Waals surface area contributed by atoms with Crippen molar-refractivity contribution in [2.24, 2.45) is 0 Å². The lowest BCUT2D eigenvalue weighted by atomic mass is 9.85. The molecule has 1 amide bonds. The number of carbonyl (C=O) groups is 1. The molecule has 0 bridgehead atoms. The lowest BCUT2D eigenvalue weighted by Crippen LogP contribution is -2.44. The van der Waals surface area contributed by atoms with Gasteiger partial charge >= 0.3 is 6.18 Å². The van der Waals surface area contributed by atoms with E-state index in [0.29, 0.717) is 12.0 Å². The van der Waals surface area contributed by atoms with Crippen molar-refractivity contribution in [3.63, 3.8) is 0 Å². The average molecular weight is 405 g/mol. The van der Waals surface area contributed by atoms with E-state index in [1.54, 1.807) is 25.3 Å². The number of amides is 1. The predicted molar refractivity (Wildman–Crippen MR) is 107 cm³/mol.